The molecule has 1 aromatic heterocycles. The maximum atomic E-state index is 13.3. The van der Waals surface area contributed by atoms with Gasteiger partial charge in [-0.15, -0.1) is 0 Å². The van der Waals surface area contributed by atoms with Crippen molar-refractivity contribution < 1.29 is 9.18 Å². The quantitative estimate of drug-likeness (QED) is 0.932. The molecular formula is C19H23FN4O. The van der Waals surface area contributed by atoms with Crippen LogP contribution in [-0.2, 0) is 7.05 Å². The van der Waals surface area contributed by atoms with Crippen molar-refractivity contribution >= 4 is 6.03 Å². The second-order valence-electron chi connectivity index (χ2n) is 7.25. The summed E-state index contributed by atoms with van der Waals surface area (Å²) in [6.45, 7) is 1.53. The molecule has 2 fully saturated rings. The Labute approximate surface area is 146 Å². The summed E-state index contributed by atoms with van der Waals surface area (Å²) in [5.41, 5.74) is 2.23. The van der Waals surface area contributed by atoms with Gasteiger partial charge in [-0.25, -0.2) is 9.18 Å². The summed E-state index contributed by atoms with van der Waals surface area (Å²) >= 11 is 0. The molecule has 0 radical (unpaired) electrons. The highest BCUT2D eigenvalue weighted by atomic mass is 19.1. The summed E-state index contributed by atoms with van der Waals surface area (Å²) in [6, 6.07) is 6.99. The molecule has 5 nitrogen and oxygen atoms in total. The number of benzene rings is 1. The Kier molecular flexibility index (Phi) is 4.19. The number of nitrogens with zero attached hydrogens (tertiary/aromatic N) is 3. The summed E-state index contributed by atoms with van der Waals surface area (Å²) in [5.74, 6) is 0.534. The number of carbonyl (C=O) groups is 1. The topological polar surface area (TPSA) is 50.2 Å². The fraction of sp³-hybridized carbons (Fsp3) is 0.474. The van der Waals surface area contributed by atoms with Crippen molar-refractivity contribution in [2.24, 2.45) is 7.05 Å². The number of carbonyl (C=O) groups excluding carboxylic acids is 1. The van der Waals surface area contributed by atoms with Gasteiger partial charge in [0, 0.05) is 38.3 Å². The number of halogens is 1. The van der Waals surface area contributed by atoms with Crippen molar-refractivity contribution in [1.82, 2.24) is 20.0 Å². The van der Waals surface area contributed by atoms with E-state index in [2.05, 4.69) is 10.4 Å². The maximum absolute atomic E-state index is 13.3. The summed E-state index contributed by atoms with van der Waals surface area (Å²) in [6.07, 6.45) is 6.67. The Morgan fingerprint density at radius 1 is 1.28 bits per heavy atom. The Morgan fingerprint density at radius 3 is 2.84 bits per heavy atom. The van der Waals surface area contributed by atoms with Crippen LogP contribution in [0, 0.1) is 5.82 Å². The van der Waals surface area contributed by atoms with Gasteiger partial charge in [0.15, 0.2) is 0 Å². The number of amides is 2. The van der Waals surface area contributed by atoms with Crippen LogP contribution in [0.1, 0.15) is 42.2 Å². The zero-order valence-electron chi connectivity index (χ0n) is 14.4. The van der Waals surface area contributed by atoms with E-state index in [1.165, 1.54) is 11.6 Å². The molecule has 6 heteroatoms. The third-order valence-corrected chi connectivity index (χ3v) is 5.46. The van der Waals surface area contributed by atoms with Crippen molar-refractivity contribution in [2.45, 2.75) is 37.1 Å². The lowest BCUT2D eigenvalue weighted by molar-refractivity contribution is 0.191. The van der Waals surface area contributed by atoms with Crippen molar-refractivity contribution in [3.05, 3.63) is 53.6 Å². The second kappa shape index (κ2) is 6.50. The normalized spacial score (nSPS) is 25.7. The molecule has 1 aliphatic heterocycles. The molecular weight excluding hydrogens is 319 g/mol. The minimum atomic E-state index is -0.191. The van der Waals surface area contributed by atoms with Crippen LogP contribution in [0.25, 0.3) is 0 Å². The first-order valence-electron chi connectivity index (χ1n) is 8.88. The Hall–Kier alpha value is -2.37. The minimum Gasteiger partial charge on any atom is -0.335 e. The highest BCUT2D eigenvalue weighted by Gasteiger charge is 2.34. The van der Waals surface area contributed by atoms with Crippen LogP contribution in [0.5, 0.6) is 0 Å². The first-order valence-corrected chi connectivity index (χ1v) is 8.88. The molecule has 1 aromatic carbocycles. The lowest BCUT2D eigenvalue weighted by atomic mass is 9.76. The molecule has 1 aliphatic carbocycles. The first-order chi connectivity index (χ1) is 12.1. The summed E-state index contributed by atoms with van der Waals surface area (Å²) in [4.78, 5) is 14.4. The first kappa shape index (κ1) is 16.1. The molecule has 2 heterocycles. The molecule has 25 heavy (non-hydrogen) atoms. The molecule has 2 aliphatic rings. The van der Waals surface area contributed by atoms with Crippen LogP contribution in [0.15, 0.2) is 36.7 Å². The van der Waals surface area contributed by atoms with Gasteiger partial charge >= 0.3 is 6.03 Å². The molecule has 1 saturated carbocycles. The minimum absolute atomic E-state index is 0.0223. The Morgan fingerprint density at radius 2 is 2.12 bits per heavy atom. The van der Waals surface area contributed by atoms with Crippen molar-refractivity contribution in [2.75, 3.05) is 13.1 Å². The molecule has 1 atom stereocenters. The largest absolute Gasteiger partial charge is 0.335 e. The predicted molar refractivity (Wildman–Crippen MR) is 92.8 cm³/mol. The average molecular weight is 342 g/mol. The number of likely N-dealkylation sites (tertiary alicyclic amines) is 1. The molecule has 1 N–H and O–H groups in total. The van der Waals surface area contributed by atoms with E-state index in [4.69, 9.17) is 0 Å². The van der Waals surface area contributed by atoms with Gasteiger partial charge in [0.25, 0.3) is 0 Å². The molecule has 132 valence electrons. The predicted octanol–water partition coefficient (Wildman–Crippen LogP) is 3.00. The van der Waals surface area contributed by atoms with E-state index < -0.39 is 0 Å². The standard InChI is InChI=1S/C19H23FN4O/c1-23-11-16(10-21-23)14-5-6-24(12-14)19(25)22-18-8-15(9-18)13-3-2-4-17(20)7-13/h2-4,7,10-11,14-15,18H,5-6,8-9,12H2,1H3,(H,22,25). The lowest BCUT2D eigenvalue weighted by Gasteiger charge is -2.37. The van der Waals surface area contributed by atoms with E-state index in [0.29, 0.717) is 11.8 Å². The fourth-order valence-corrected chi connectivity index (χ4v) is 3.90. The number of nitrogens with one attached hydrogen (secondary N) is 1. The van der Waals surface area contributed by atoms with Crippen LogP contribution in [0.2, 0.25) is 0 Å². The molecule has 0 bridgehead atoms. The number of aryl methyl sites for hydroxylation is 1. The van der Waals surface area contributed by atoms with Gasteiger partial charge in [0.1, 0.15) is 5.82 Å². The van der Waals surface area contributed by atoms with E-state index in [-0.39, 0.29) is 17.9 Å². The van der Waals surface area contributed by atoms with Gasteiger partial charge in [0.2, 0.25) is 0 Å². The molecule has 2 amide bonds. The van der Waals surface area contributed by atoms with Crippen LogP contribution in [0.3, 0.4) is 0 Å². The smallest absolute Gasteiger partial charge is 0.317 e. The molecule has 2 aromatic rings. The molecule has 0 spiro atoms. The van der Waals surface area contributed by atoms with Crippen molar-refractivity contribution in [1.29, 1.82) is 0 Å². The third kappa shape index (κ3) is 3.38. The van der Waals surface area contributed by atoms with Crippen LogP contribution in [-0.4, -0.2) is 39.8 Å². The number of hydrogen-bond acceptors (Lipinski definition) is 2. The Bertz CT molecular complexity index is 768. The number of aromatic nitrogens is 2. The van der Waals surface area contributed by atoms with Gasteiger partial charge in [-0.2, -0.15) is 5.10 Å². The Balaban J connectivity index is 1.26. The lowest BCUT2D eigenvalue weighted by Crippen LogP contribution is -2.48. The van der Waals surface area contributed by atoms with E-state index in [1.807, 2.05) is 30.4 Å². The van der Waals surface area contributed by atoms with Crippen molar-refractivity contribution in [3.8, 4) is 0 Å². The van der Waals surface area contributed by atoms with E-state index >= 15 is 0 Å². The zero-order chi connectivity index (χ0) is 17.4. The highest BCUT2D eigenvalue weighted by Crippen LogP contribution is 2.37. The number of urea groups is 1. The van der Waals surface area contributed by atoms with Gasteiger partial charge in [0.05, 0.1) is 6.20 Å². The van der Waals surface area contributed by atoms with Crippen LogP contribution >= 0.6 is 0 Å². The van der Waals surface area contributed by atoms with Gasteiger partial charge < -0.3 is 10.2 Å². The van der Waals surface area contributed by atoms with Crippen LogP contribution < -0.4 is 5.32 Å². The van der Waals surface area contributed by atoms with E-state index in [0.717, 1.165) is 37.9 Å². The SMILES string of the molecule is Cn1cc(C2CCN(C(=O)NC3CC(c4cccc(F)c4)C3)C2)cn1. The monoisotopic (exact) mass is 342 g/mol. The summed E-state index contributed by atoms with van der Waals surface area (Å²) < 4.78 is 15.1. The second-order valence-corrected chi connectivity index (χ2v) is 7.25. The highest BCUT2D eigenvalue weighted by molar-refractivity contribution is 5.75. The maximum Gasteiger partial charge on any atom is 0.317 e. The summed E-state index contributed by atoms with van der Waals surface area (Å²) in [7, 11) is 1.91. The van der Waals surface area contributed by atoms with E-state index in [9.17, 15) is 9.18 Å². The van der Waals surface area contributed by atoms with Gasteiger partial charge in [-0.3, -0.25) is 4.68 Å². The molecule has 1 unspecified atom stereocenters. The van der Waals surface area contributed by atoms with E-state index in [1.54, 1.807) is 16.8 Å². The fourth-order valence-electron chi connectivity index (χ4n) is 3.90. The number of rotatable bonds is 3. The third-order valence-electron chi connectivity index (χ3n) is 5.46. The molecule has 1 saturated heterocycles. The number of hydrogen-bond donors (Lipinski definition) is 1. The van der Waals surface area contributed by atoms with Crippen molar-refractivity contribution in [3.63, 3.8) is 0 Å². The van der Waals surface area contributed by atoms with Crippen LogP contribution in [0.4, 0.5) is 9.18 Å². The van der Waals surface area contributed by atoms with Gasteiger partial charge in [-0.05, 0) is 48.4 Å². The van der Waals surface area contributed by atoms with Gasteiger partial charge in [-0.1, -0.05) is 12.1 Å². The molecule has 4 rings (SSSR count). The zero-order valence-corrected chi connectivity index (χ0v) is 14.4. The average Bonchev–Trinajstić information content (AvgIpc) is 3.19. The summed E-state index contributed by atoms with van der Waals surface area (Å²) in [5, 5.41) is 7.34.